The van der Waals surface area contributed by atoms with Gasteiger partial charge < -0.3 is 9.40 Å². The lowest BCUT2D eigenvalue weighted by Gasteiger charge is -2.15. The van der Waals surface area contributed by atoms with E-state index in [4.69, 9.17) is 9.41 Å². The fourth-order valence-electron chi connectivity index (χ4n) is 4.33. The van der Waals surface area contributed by atoms with Crippen LogP contribution in [0.15, 0.2) is 112 Å². The number of rotatable bonds is 6. The first-order chi connectivity index (χ1) is 18.1. The van der Waals surface area contributed by atoms with Crippen LogP contribution in [-0.4, -0.2) is 27.5 Å². The van der Waals surface area contributed by atoms with Gasteiger partial charge in [-0.25, -0.2) is 9.38 Å². The number of benzene rings is 3. The minimum absolute atomic E-state index is 0.122. The van der Waals surface area contributed by atoms with Crippen molar-refractivity contribution < 1.29 is 13.6 Å². The first-order valence-electron chi connectivity index (χ1n) is 11.9. The fourth-order valence-corrected chi connectivity index (χ4v) is 5.33. The Morgan fingerprint density at radius 1 is 0.973 bits per heavy atom. The maximum absolute atomic E-state index is 13.6. The van der Waals surface area contributed by atoms with Crippen LogP contribution in [0.4, 0.5) is 10.1 Å². The molecule has 5 aromatic rings. The molecule has 0 bridgehead atoms. The summed E-state index contributed by atoms with van der Waals surface area (Å²) in [6.45, 7) is 0.489. The summed E-state index contributed by atoms with van der Waals surface area (Å²) in [6, 6.07) is 27.5. The number of hydrogen-bond donors (Lipinski definition) is 1. The minimum atomic E-state index is -0.331. The van der Waals surface area contributed by atoms with Gasteiger partial charge in [-0.05, 0) is 66.2 Å². The van der Waals surface area contributed by atoms with Gasteiger partial charge in [0.05, 0.1) is 10.6 Å². The Morgan fingerprint density at radius 3 is 2.68 bits per heavy atom. The van der Waals surface area contributed by atoms with Crippen molar-refractivity contribution in [3.8, 4) is 11.3 Å². The van der Waals surface area contributed by atoms with Crippen LogP contribution in [0.25, 0.3) is 28.3 Å². The first kappa shape index (κ1) is 23.1. The lowest BCUT2D eigenvalue weighted by Crippen LogP contribution is -2.31. The van der Waals surface area contributed by atoms with Gasteiger partial charge in [-0.2, -0.15) is 0 Å². The Balaban J connectivity index is 1.29. The standard InChI is InChI=1S/C30H22FN3O2S/c31-22-8-6-7-20(17-22)27-14-13-24(36-27)18-28-29(35)34(30(37-28)33-23-9-2-1-3-10-23)16-15-21-19-32-26-12-5-4-11-25(21)26/h1-14,17-19,32H,15-16H2. The van der Waals surface area contributed by atoms with E-state index >= 15 is 0 Å². The summed E-state index contributed by atoms with van der Waals surface area (Å²) in [4.78, 5) is 23.8. The number of H-pyrrole nitrogens is 1. The lowest BCUT2D eigenvalue weighted by molar-refractivity contribution is -0.122. The summed E-state index contributed by atoms with van der Waals surface area (Å²) in [5.41, 5.74) is 3.64. The molecule has 1 aliphatic rings. The van der Waals surface area contributed by atoms with E-state index in [1.165, 1.54) is 23.9 Å². The first-order valence-corrected chi connectivity index (χ1v) is 12.7. The number of thioether (sulfide) groups is 1. The highest BCUT2D eigenvalue weighted by molar-refractivity contribution is 8.18. The predicted octanol–water partition coefficient (Wildman–Crippen LogP) is 7.41. The van der Waals surface area contributed by atoms with E-state index in [9.17, 15) is 9.18 Å². The normalized spacial score (nSPS) is 15.9. The number of hydrogen-bond acceptors (Lipinski definition) is 4. The van der Waals surface area contributed by atoms with Gasteiger partial charge in [0.2, 0.25) is 0 Å². The van der Waals surface area contributed by atoms with Crippen molar-refractivity contribution in [2.45, 2.75) is 6.42 Å². The van der Waals surface area contributed by atoms with E-state index in [1.54, 1.807) is 35.2 Å². The third kappa shape index (κ3) is 4.86. The molecule has 1 aliphatic heterocycles. The number of carbonyl (C=O) groups is 1. The quantitative estimate of drug-likeness (QED) is 0.243. The molecular formula is C30H22FN3O2S. The Kier molecular flexibility index (Phi) is 6.20. The zero-order valence-electron chi connectivity index (χ0n) is 19.7. The third-order valence-corrected chi connectivity index (χ3v) is 7.16. The lowest BCUT2D eigenvalue weighted by atomic mass is 10.1. The maximum Gasteiger partial charge on any atom is 0.266 e. The number of amidine groups is 1. The summed E-state index contributed by atoms with van der Waals surface area (Å²) in [5.74, 6) is 0.606. The molecule has 0 saturated carbocycles. The molecule has 1 saturated heterocycles. The Bertz CT molecular complexity index is 1650. The van der Waals surface area contributed by atoms with Crippen molar-refractivity contribution in [1.82, 2.24) is 9.88 Å². The number of aliphatic imine (C=N–C) groups is 1. The second-order valence-electron chi connectivity index (χ2n) is 8.62. The Hall–Kier alpha value is -4.36. The van der Waals surface area contributed by atoms with Gasteiger partial charge in [0.25, 0.3) is 5.91 Å². The summed E-state index contributed by atoms with van der Waals surface area (Å²) >= 11 is 1.32. The molecule has 1 amide bonds. The second-order valence-corrected chi connectivity index (χ2v) is 9.63. The second kappa shape index (κ2) is 9.95. The van der Waals surface area contributed by atoms with Crippen molar-refractivity contribution in [3.63, 3.8) is 0 Å². The number of amides is 1. The number of carbonyl (C=O) groups excluding carboxylic acids is 1. The molecule has 2 aromatic heterocycles. The number of furan rings is 1. The molecule has 37 heavy (non-hydrogen) atoms. The van der Waals surface area contributed by atoms with Crippen LogP contribution in [0.1, 0.15) is 11.3 Å². The van der Waals surface area contributed by atoms with Crippen LogP contribution in [0.2, 0.25) is 0 Å². The van der Waals surface area contributed by atoms with Crippen molar-refractivity contribution in [2.75, 3.05) is 6.54 Å². The number of nitrogens with zero attached hydrogens (tertiary/aromatic N) is 2. The minimum Gasteiger partial charge on any atom is -0.457 e. The number of aromatic amines is 1. The highest BCUT2D eigenvalue weighted by Gasteiger charge is 2.33. The third-order valence-electron chi connectivity index (χ3n) is 6.16. The van der Waals surface area contributed by atoms with Crippen LogP contribution < -0.4 is 0 Å². The van der Waals surface area contributed by atoms with Gasteiger partial charge >= 0.3 is 0 Å². The van der Waals surface area contributed by atoms with Gasteiger partial charge in [-0.3, -0.25) is 9.69 Å². The van der Waals surface area contributed by atoms with Gasteiger partial charge in [0.15, 0.2) is 5.17 Å². The molecule has 3 aromatic carbocycles. The molecule has 1 N–H and O–H groups in total. The average Bonchev–Trinajstić information content (AvgIpc) is 3.62. The number of para-hydroxylation sites is 2. The molecule has 5 nitrogen and oxygen atoms in total. The van der Waals surface area contributed by atoms with Crippen molar-refractivity contribution >= 4 is 45.5 Å². The van der Waals surface area contributed by atoms with Gasteiger partial charge in [-0.15, -0.1) is 0 Å². The van der Waals surface area contributed by atoms with Crippen LogP contribution in [0.3, 0.4) is 0 Å². The molecule has 182 valence electrons. The average molecular weight is 508 g/mol. The molecule has 0 unspecified atom stereocenters. The highest BCUT2D eigenvalue weighted by atomic mass is 32.2. The highest BCUT2D eigenvalue weighted by Crippen LogP contribution is 2.35. The van der Waals surface area contributed by atoms with E-state index in [0.717, 1.165) is 22.2 Å². The fraction of sp³-hybridized carbons (Fsp3) is 0.0667. The molecule has 7 heteroatoms. The molecule has 0 atom stereocenters. The zero-order valence-corrected chi connectivity index (χ0v) is 20.5. The maximum atomic E-state index is 13.6. The summed E-state index contributed by atoms with van der Waals surface area (Å²) < 4.78 is 19.6. The molecule has 0 spiro atoms. The van der Waals surface area contributed by atoms with Crippen LogP contribution >= 0.6 is 11.8 Å². The van der Waals surface area contributed by atoms with Crippen molar-refractivity contribution in [2.24, 2.45) is 4.99 Å². The van der Waals surface area contributed by atoms with Crippen LogP contribution in [0.5, 0.6) is 0 Å². The Morgan fingerprint density at radius 2 is 1.81 bits per heavy atom. The van der Waals surface area contributed by atoms with E-state index < -0.39 is 0 Å². The SMILES string of the molecule is O=C1C(=Cc2ccc(-c3cccc(F)c3)o2)SC(=Nc2ccccc2)N1CCc1c[nH]c2ccccc12. The topological polar surface area (TPSA) is 61.6 Å². The Labute approximate surface area is 217 Å². The van der Waals surface area contributed by atoms with E-state index in [0.29, 0.717) is 40.1 Å². The zero-order chi connectivity index (χ0) is 25.2. The van der Waals surface area contributed by atoms with E-state index in [-0.39, 0.29) is 11.7 Å². The van der Waals surface area contributed by atoms with E-state index in [1.807, 2.05) is 54.7 Å². The summed E-state index contributed by atoms with van der Waals surface area (Å²) in [7, 11) is 0. The number of fused-ring (bicyclic) bond motifs is 1. The smallest absolute Gasteiger partial charge is 0.266 e. The van der Waals surface area contributed by atoms with Gasteiger partial charge in [-0.1, -0.05) is 48.5 Å². The molecule has 3 heterocycles. The van der Waals surface area contributed by atoms with Crippen LogP contribution in [-0.2, 0) is 11.2 Å². The number of nitrogens with one attached hydrogen (secondary N) is 1. The molecule has 6 rings (SSSR count). The van der Waals surface area contributed by atoms with Crippen molar-refractivity contribution in [1.29, 1.82) is 0 Å². The largest absolute Gasteiger partial charge is 0.457 e. The molecular weight excluding hydrogens is 485 g/mol. The summed E-state index contributed by atoms with van der Waals surface area (Å²) in [6.07, 6.45) is 4.41. The predicted molar refractivity (Wildman–Crippen MR) is 147 cm³/mol. The molecule has 0 radical (unpaired) electrons. The van der Waals surface area contributed by atoms with Crippen molar-refractivity contribution in [3.05, 3.63) is 119 Å². The number of aromatic nitrogens is 1. The monoisotopic (exact) mass is 507 g/mol. The van der Waals surface area contributed by atoms with E-state index in [2.05, 4.69) is 11.1 Å². The van der Waals surface area contributed by atoms with Gasteiger partial charge in [0.1, 0.15) is 17.3 Å². The molecule has 1 fully saturated rings. The van der Waals surface area contributed by atoms with Gasteiger partial charge in [0, 0.05) is 35.3 Å². The molecule has 0 aliphatic carbocycles. The number of halogens is 1. The van der Waals surface area contributed by atoms with Crippen LogP contribution in [0, 0.1) is 5.82 Å². The summed E-state index contributed by atoms with van der Waals surface area (Å²) in [5, 5.41) is 1.78.